The molecular formula is C14H13NO3. The van der Waals surface area contributed by atoms with Gasteiger partial charge in [0.05, 0.1) is 12.2 Å². The Labute approximate surface area is 105 Å². The Hall–Kier alpha value is -2.20. The lowest BCUT2D eigenvalue weighted by Crippen LogP contribution is -2.31. The maximum Gasteiger partial charge on any atom is 0.285 e. The molecule has 1 aliphatic heterocycles. The second kappa shape index (κ2) is 4.98. The molecule has 0 radical (unpaired) electrons. The van der Waals surface area contributed by atoms with Crippen molar-refractivity contribution in [1.29, 1.82) is 0 Å². The van der Waals surface area contributed by atoms with Crippen LogP contribution < -0.4 is 0 Å². The minimum absolute atomic E-state index is 0.146. The van der Waals surface area contributed by atoms with Gasteiger partial charge in [0.2, 0.25) is 0 Å². The van der Waals surface area contributed by atoms with Crippen molar-refractivity contribution in [3.63, 3.8) is 0 Å². The molecule has 4 nitrogen and oxygen atoms in total. The summed E-state index contributed by atoms with van der Waals surface area (Å²) in [5.74, 6) is -0.896. The maximum absolute atomic E-state index is 12.0. The second-order valence-electron chi connectivity index (χ2n) is 4.09. The number of hydroxylamine groups is 2. The van der Waals surface area contributed by atoms with Crippen molar-refractivity contribution in [1.82, 2.24) is 5.06 Å². The highest BCUT2D eigenvalue weighted by Crippen LogP contribution is 2.23. The molecule has 0 N–H and O–H groups in total. The minimum Gasteiger partial charge on any atom is -0.267 e. The van der Waals surface area contributed by atoms with Gasteiger partial charge in [0.15, 0.2) is 0 Å². The van der Waals surface area contributed by atoms with Crippen LogP contribution in [0.2, 0.25) is 0 Å². The summed E-state index contributed by atoms with van der Waals surface area (Å²) in [6, 6.07) is 9.02. The third-order valence-electron chi connectivity index (χ3n) is 2.41. The average Bonchev–Trinajstić information content (AvgIpc) is 2.63. The number of amides is 2. The molecule has 0 unspecified atom stereocenters. The van der Waals surface area contributed by atoms with Crippen LogP contribution in [-0.2, 0) is 14.4 Å². The molecule has 0 bridgehead atoms. The molecule has 0 spiro atoms. The molecule has 1 heterocycles. The number of carbonyl (C=O) groups excluding carboxylic acids is 2. The molecular weight excluding hydrogens is 230 g/mol. The van der Waals surface area contributed by atoms with Crippen molar-refractivity contribution in [2.45, 2.75) is 6.92 Å². The summed E-state index contributed by atoms with van der Waals surface area (Å²) in [6.45, 7) is 5.56. The molecule has 92 valence electrons. The van der Waals surface area contributed by atoms with Gasteiger partial charge in [0.25, 0.3) is 11.8 Å². The largest absolute Gasteiger partial charge is 0.285 e. The van der Waals surface area contributed by atoms with Crippen molar-refractivity contribution in [3.8, 4) is 0 Å². The highest BCUT2D eigenvalue weighted by Gasteiger charge is 2.32. The predicted molar refractivity (Wildman–Crippen MR) is 67.0 cm³/mol. The van der Waals surface area contributed by atoms with E-state index in [1.165, 1.54) is 6.08 Å². The lowest BCUT2D eigenvalue weighted by Gasteiger charge is -2.14. The smallest absolute Gasteiger partial charge is 0.267 e. The van der Waals surface area contributed by atoms with E-state index in [0.29, 0.717) is 11.1 Å². The quantitative estimate of drug-likeness (QED) is 0.599. The highest BCUT2D eigenvalue weighted by molar-refractivity contribution is 6.32. The number of imide groups is 1. The van der Waals surface area contributed by atoms with Crippen LogP contribution in [0.1, 0.15) is 12.5 Å². The van der Waals surface area contributed by atoms with Gasteiger partial charge in [-0.15, -0.1) is 5.06 Å². The zero-order valence-electron chi connectivity index (χ0n) is 10.1. The Morgan fingerprint density at radius 2 is 1.94 bits per heavy atom. The van der Waals surface area contributed by atoms with E-state index in [2.05, 4.69) is 6.58 Å². The SMILES string of the molecule is C=C(C)CON1C(=O)C=C(c2ccccc2)C1=O. The molecule has 0 saturated carbocycles. The van der Waals surface area contributed by atoms with Gasteiger partial charge in [-0.25, -0.2) is 0 Å². The van der Waals surface area contributed by atoms with Crippen molar-refractivity contribution >= 4 is 17.4 Å². The summed E-state index contributed by atoms with van der Waals surface area (Å²) in [6.07, 6.45) is 1.29. The van der Waals surface area contributed by atoms with E-state index in [4.69, 9.17) is 4.84 Å². The Bertz CT molecular complexity index is 531. The topological polar surface area (TPSA) is 46.6 Å². The van der Waals surface area contributed by atoms with E-state index in [0.717, 1.165) is 10.6 Å². The predicted octanol–water partition coefficient (Wildman–Crippen LogP) is 1.95. The summed E-state index contributed by atoms with van der Waals surface area (Å²) < 4.78 is 0. The van der Waals surface area contributed by atoms with Gasteiger partial charge >= 0.3 is 0 Å². The standard InChI is InChI=1S/C14H13NO3/c1-10(2)9-18-15-13(16)8-12(14(15)17)11-6-4-3-5-7-11/h3-8H,1,9H2,2H3. The fraction of sp³-hybridized carbons (Fsp3) is 0.143. The number of hydrogen-bond acceptors (Lipinski definition) is 3. The molecule has 1 aromatic carbocycles. The fourth-order valence-electron chi connectivity index (χ4n) is 1.57. The molecule has 0 atom stereocenters. The van der Waals surface area contributed by atoms with Crippen molar-refractivity contribution < 1.29 is 14.4 Å². The van der Waals surface area contributed by atoms with Crippen LogP contribution in [0.25, 0.3) is 5.57 Å². The van der Waals surface area contributed by atoms with E-state index >= 15 is 0 Å². The van der Waals surface area contributed by atoms with Gasteiger partial charge < -0.3 is 0 Å². The van der Waals surface area contributed by atoms with Crippen LogP contribution in [0.3, 0.4) is 0 Å². The summed E-state index contributed by atoms with van der Waals surface area (Å²) in [4.78, 5) is 28.8. The van der Waals surface area contributed by atoms with Gasteiger partial charge in [0, 0.05) is 6.08 Å². The average molecular weight is 243 g/mol. The van der Waals surface area contributed by atoms with Gasteiger partial charge in [-0.2, -0.15) is 0 Å². The zero-order valence-corrected chi connectivity index (χ0v) is 10.1. The lowest BCUT2D eigenvalue weighted by atomic mass is 10.1. The van der Waals surface area contributed by atoms with Crippen molar-refractivity contribution in [3.05, 3.63) is 54.1 Å². The van der Waals surface area contributed by atoms with Crippen LogP contribution in [0.5, 0.6) is 0 Å². The molecule has 0 fully saturated rings. The highest BCUT2D eigenvalue weighted by atomic mass is 16.7. The normalized spacial score (nSPS) is 14.9. The van der Waals surface area contributed by atoms with E-state index in [9.17, 15) is 9.59 Å². The monoisotopic (exact) mass is 243 g/mol. The van der Waals surface area contributed by atoms with Gasteiger partial charge in [-0.3, -0.25) is 14.4 Å². The molecule has 2 amide bonds. The summed E-state index contributed by atoms with van der Waals surface area (Å²) in [5, 5.41) is 0.775. The summed E-state index contributed by atoms with van der Waals surface area (Å²) in [7, 11) is 0. The molecule has 0 aromatic heterocycles. The van der Waals surface area contributed by atoms with E-state index in [1.54, 1.807) is 19.1 Å². The van der Waals surface area contributed by atoms with Crippen LogP contribution in [0.15, 0.2) is 48.6 Å². The first kappa shape index (κ1) is 12.3. The minimum atomic E-state index is -0.458. The first-order chi connectivity index (χ1) is 8.59. The lowest BCUT2D eigenvalue weighted by molar-refractivity contribution is -0.182. The van der Waals surface area contributed by atoms with Gasteiger partial charge in [0.1, 0.15) is 0 Å². The zero-order chi connectivity index (χ0) is 13.1. The molecule has 0 saturated heterocycles. The van der Waals surface area contributed by atoms with Gasteiger partial charge in [-0.1, -0.05) is 42.5 Å². The number of hydrogen-bond donors (Lipinski definition) is 0. The molecule has 4 heteroatoms. The molecule has 18 heavy (non-hydrogen) atoms. The molecule has 1 aromatic rings. The fourth-order valence-corrected chi connectivity index (χ4v) is 1.57. The van der Waals surface area contributed by atoms with Crippen LogP contribution in [-0.4, -0.2) is 23.5 Å². The Balaban J connectivity index is 2.17. The Morgan fingerprint density at radius 3 is 2.56 bits per heavy atom. The first-order valence-electron chi connectivity index (χ1n) is 5.52. The number of carbonyl (C=O) groups is 2. The summed E-state index contributed by atoms with van der Waals surface area (Å²) >= 11 is 0. The molecule has 0 aliphatic carbocycles. The maximum atomic E-state index is 12.0. The third kappa shape index (κ3) is 2.38. The van der Waals surface area contributed by atoms with Crippen LogP contribution in [0.4, 0.5) is 0 Å². The van der Waals surface area contributed by atoms with E-state index < -0.39 is 11.8 Å². The van der Waals surface area contributed by atoms with Gasteiger partial charge in [-0.05, 0) is 12.5 Å². The third-order valence-corrected chi connectivity index (χ3v) is 2.41. The molecule has 1 aliphatic rings. The van der Waals surface area contributed by atoms with Crippen LogP contribution >= 0.6 is 0 Å². The van der Waals surface area contributed by atoms with E-state index in [-0.39, 0.29) is 6.61 Å². The Morgan fingerprint density at radius 1 is 1.28 bits per heavy atom. The van der Waals surface area contributed by atoms with Crippen molar-refractivity contribution in [2.75, 3.05) is 6.61 Å². The first-order valence-corrected chi connectivity index (χ1v) is 5.52. The number of nitrogens with zero attached hydrogens (tertiary/aromatic N) is 1. The Kier molecular flexibility index (Phi) is 3.39. The second-order valence-corrected chi connectivity index (χ2v) is 4.09. The number of rotatable bonds is 4. The summed E-state index contributed by atoms with van der Waals surface area (Å²) in [5.41, 5.74) is 1.79. The van der Waals surface area contributed by atoms with E-state index in [1.807, 2.05) is 18.2 Å². The van der Waals surface area contributed by atoms with Crippen molar-refractivity contribution in [2.24, 2.45) is 0 Å². The number of benzene rings is 1. The molecule has 2 rings (SSSR count). The van der Waals surface area contributed by atoms with Crippen LogP contribution in [0, 0.1) is 0 Å².